The quantitative estimate of drug-likeness (QED) is 0.636. The van der Waals surface area contributed by atoms with Gasteiger partial charge in [-0.3, -0.25) is 0 Å². The normalized spacial score (nSPS) is 11.2. The van der Waals surface area contributed by atoms with Crippen LogP contribution >= 0.6 is 0 Å². The molecule has 0 saturated carbocycles. The van der Waals surface area contributed by atoms with Gasteiger partial charge in [-0.1, -0.05) is 91.6 Å². The Morgan fingerprint density at radius 3 is 2.32 bits per heavy atom. The second kappa shape index (κ2) is 7.17. The molecule has 0 fully saturated rings. The van der Waals surface area contributed by atoms with E-state index in [0.717, 1.165) is 6.42 Å². The van der Waals surface area contributed by atoms with Gasteiger partial charge in [-0.15, -0.1) is 0 Å². The van der Waals surface area contributed by atoms with Crippen molar-refractivity contribution in [1.29, 1.82) is 0 Å². The Morgan fingerprint density at radius 1 is 0.789 bits per heavy atom. The second-order valence-electron chi connectivity index (χ2n) is 4.28. The van der Waals surface area contributed by atoms with Crippen molar-refractivity contribution in [3.8, 4) is 11.1 Å². The summed E-state index contributed by atoms with van der Waals surface area (Å²) in [6, 6.07) is 19.1. The van der Waals surface area contributed by atoms with E-state index in [1.807, 2.05) is 18.2 Å². The molecule has 0 aliphatic heterocycles. The zero-order chi connectivity index (χ0) is 13.3. The van der Waals surface area contributed by atoms with Gasteiger partial charge in [0.15, 0.2) is 0 Å². The number of benzene rings is 2. The molecule has 0 nitrogen and oxygen atoms in total. The topological polar surface area (TPSA) is 0 Å². The van der Waals surface area contributed by atoms with Crippen LogP contribution in [0.4, 0.5) is 0 Å². The van der Waals surface area contributed by atoms with E-state index < -0.39 is 0 Å². The lowest BCUT2D eigenvalue weighted by atomic mass is 9.98. The van der Waals surface area contributed by atoms with Gasteiger partial charge in [0.1, 0.15) is 0 Å². The highest BCUT2D eigenvalue weighted by Crippen LogP contribution is 2.23. The third-order valence-electron chi connectivity index (χ3n) is 2.93. The standard InChI is InChI=1S/C19H18/c1-2-3-4-5-7-12-18-15-10-11-16-19(18)17-13-8-6-9-14-17/h2-11,13-16H,1,12H2/b4-3-,7-5-. The molecule has 0 heteroatoms. The lowest BCUT2D eigenvalue weighted by Gasteiger charge is -2.07. The van der Waals surface area contributed by atoms with Crippen LogP contribution in [-0.4, -0.2) is 0 Å². The van der Waals surface area contributed by atoms with Gasteiger partial charge >= 0.3 is 0 Å². The van der Waals surface area contributed by atoms with Gasteiger partial charge in [-0.05, 0) is 23.1 Å². The van der Waals surface area contributed by atoms with Crippen LogP contribution in [0.1, 0.15) is 5.56 Å². The Labute approximate surface area is 115 Å². The second-order valence-corrected chi connectivity index (χ2v) is 4.28. The van der Waals surface area contributed by atoms with Gasteiger partial charge in [0, 0.05) is 0 Å². The molecule has 0 radical (unpaired) electrons. The first kappa shape index (κ1) is 13.1. The summed E-state index contributed by atoms with van der Waals surface area (Å²) in [6.07, 6.45) is 10.9. The van der Waals surface area contributed by atoms with Crippen LogP contribution in [-0.2, 0) is 6.42 Å². The first-order valence-electron chi connectivity index (χ1n) is 6.49. The highest BCUT2D eigenvalue weighted by atomic mass is 14.1. The summed E-state index contributed by atoms with van der Waals surface area (Å²) < 4.78 is 0. The van der Waals surface area contributed by atoms with Crippen molar-refractivity contribution in [1.82, 2.24) is 0 Å². The number of allylic oxidation sites excluding steroid dienone is 5. The molecule has 2 aromatic rings. The van der Waals surface area contributed by atoms with E-state index in [0.29, 0.717) is 0 Å². The molecular formula is C19H18. The number of hydrogen-bond donors (Lipinski definition) is 0. The van der Waals surface area contributed by atoms with Gasteiger partial charge in [0.2, 0.25) is 0 Å². The van der Waals surface area contributed by atoms with E-state index in [4.69, 9.17) is 0 Å². The minimum atomic E-state index is 0.937. The van der Waals surface area contributed by atoms with Crippen molar-refractivity contribution in [3.05, 3.63) is 97.1 Å². The molecule has 0 atom stereocenters. The maximum atomic E-state index is 3.65. The Kier molecular flexibility index (Phi) is 4.95. The van der Waals surface area contributed by atoms with Gasteiger partial charge < -0.3 is 0 Å². The average Bonchev–Trinajstić information content (AvgIpc) is 2.48. The Hall–Kier alpha value is -2.34. The lowest BCUT2D eigenvalue weighted by molar-refractivity contribution is 1.27. The molecule has 94 valence electrons. The molecule has 0 spiro atoms. The van der Waals surface area contributed by atoms with Crippen molar-refractivity contribution >= 4 is 0 Å². The molecule has 0 amide bonds. The average molecular weight is 246 g/mol. The van der Waals surface area contributed by atoms with Crippen LogP contribution in [0.15, 0.2) is 91.6 Å². The molecule has 0 unspecified atom stereocenters. The zero-order valence-corrected chi connectivity index (χ0v) is 11.0. The van der Waals surface area contributed by atoms with E-state index in [-0.39, 0.29) is 0 Å². The number of hydrogen-bond acceptors (Lipinski definition) is 0. The fraction of sp³-hybridized carbons (Fsp3) is 0.0526. The molecule has 0 N–H and O–H groups in total. The van der Waals surface area contributed by atoms with E-state index in [2.05, 4.69) is 67.3 Å². The summed E-state index contributed by atoms with van der Waals surface area (Å²) >= 11 is 0. The zero-order valence-electron chi connectivity index (χ0n) is 11.0. The fourth-order valence-electron chi connectivity index (χ4n) is 2.01. The Bertz CT molecular complexity index is 574. The van der Waals surface area contributed by atoms with E-state index in [1.54, 1.807) is 6.08 Å². The first-order valence-corrected chi connectivity index (χ1v) is 6.49. The maximum Gasteiger partial charge on any atom is -0.00882 e. The van der Waals surface area contributed by atoms with E-state index in [9.17, 15) is 0 Å². The predicted molar refractivity (Wildman–Crippen MR) is 84.1 cm³/mol. The fourth-order valence-corrected chi connectivity index (χ4v) is 2.01. The van der Waals surface area contributed by atoms with Crippen LogP contribution in [0.5, 0.6) is 0 Å². The van der Waals surface area contributed by atoms with Crippen LogP contribution in [0.25, 0.3) is 11.1 Å². The third kappa shape index (κ3) is 3.82. The minimum Gasteiger partial charge on any atom is -0.0991 e. The monoisotopic (exact) mass is 246 g/mol. The van der Waals surface area contributed by atoms with Crippen LogP contribution < -0.4 is 0 Å². The van der Waals surface area contributed by atoms with E-state index >= 15 is 0 Å². The van der Waals surface area contributed by atoms with Crippen LogP contribution in [0.2, 0.25) is 0 Å². The summed E-state index contributed by atoms with van der Waals surface area (Å²) in [7, 11) is 0. The van der Waals surface area contributed by atoms with Gasteiger partial charge in [-0.2, -0.15) is 0 Å². The van der Waals surface area contributed by atoms with Gasteiger partial charge in [-0.25, -0.2) is 0 Å². The molecule has 19 heavy (non-hydrogen) atoms. The van der Waals surface area contributed by atoms with E-state index in [1.165, 1.54) is 16.7 Å². The molecule has 2 rings (SSSR count). The van der Waals surface area contributed by atoms with Crippen molar-refractivity contribution in [3.63, 3.8) is 0 Å². The first-order chi connectivity index (χ1) is 9.42. The molecule has 0 aliphatic carbocycles. The molecule has 0 bridgehead atoms. The third-order valence-corrected chi connectivity index (χ3v) is 2.93. The van der Waals surface area contributed by atoms with Crippen molar-refractivity contribution in [2.24, 2.45) is 0 Å². The number of rotatable bonds is 5. The Balaban J connectivity index is 2.20. The van der Waals surface area contributed by atoms with Crippen molar-refractivity contribution < 1.29 is 0 Å². The maximum absolute atomic E-state index is 3.65. The highest BCUT2D eigenvalue weighted by Gasteiger charge is 2.01. The smallest absolute Gasteiger partial charge is 0.00882 e. The highest BCUT2D eigenvalue weighted by molar-refractivity contribution is 5.67. The predicted octanol–water partition coefficient (Wildman–Crippen LogP) is 5.19. The summed E-state index contributed by atoms with van der Waals surface area (Å²) in [5.41, 5.74) is 3.92. The molecule has 0 saturated heterocycles. The van der Waals surface area contributed by atoms with Gasteiger partial charge in [0.05, 0.1) is 0 Å². The summed E-state index contributed by atoms with van der Waals surface area (Å²) in [6.45, 7) is 3.65. The largest absolute Gasteiger partial charge is 0.0991 e. The van der Waals surface area contributed by atoms with Gasteiger partial charge in [0.25, 0.3) is 0 Å². The van der Waals surface area contributed by atoms with Crippen LogP contribution in [0.3, 0.4) is 0 Å². The summed E-state index contributed by atoms with van der Waals surface area (Å²) in [5, 5.41) is 0. The summed E-state index contributed by atoms with van der Waals surface area (Å²) in [4.78, 5) is 0. The molecule has 0 heterocycles. The lowest BCUT2D eigenvalue weighted by Crippen LogP contribution is -1.87. The van der Waals surface area contributed by atoms with Crippen LogP contribution in [0, 0.1) is 0 Å². The summed E-state index contributed by atoms with van der Waals surface area (Å²) in [5.74, 6) is 0. The molecular weight excluding hydrogens is 228 g/mol. The minimum absolute atomic E-state index is 0.937. The molecule has 0 aromatic heterocycles. The SMILES string of the molecule is C=C/C=C\C=C/Cc1ccccc1-c1ccccc1. The molecule has 0 aliphatic rings. The van der Waals surface area contributed by atoms with Crippen molar-refractivity contribution in [2.75, 3.05) is 0 Å². The molecule has 2 aromatic carbocycles. The Morgan fingerprint density at radius 2 is 1.53 bits per heavy atom. The van der Waals surface area contributed by atoms with Crippen molar-refractivity contribution in [2.45, 2.75) is 6.42 Å².